The highest BCUT2D eigenvalue weighted by molar-refractivity contribution is 6.17. The smallest absolute Gasteiger partial charge is 0.164 e. The van der Waals surface area contributed by atoms with Gasteiger partial charge in [-0.1, -0.05) is 158 Å². The summed E-state index contributed by atoms with van der Waals surface area (Å²) >= 11 is 0. The Hall–Kier alpha value is -6.91. The third-order valence-corrected chi connectivity index (χ3v) is 9.74. The van der Waals surface area contributed by atoms with E-state index in [1.54, 1.807) is 0 Å². The average Bonchev–Trinajstić information content (AvgIpc) is 3.61. The van der Waals surface area contributed by atoms with Crippen LogP contribution in [0, 0.1) is 0 Å². The molecular weight excluding hydrogens is 623 g/mol. The maximum atomic E-state index is 6.62. The van der Waals surface area contributed by atoms with Gasteiger partial charge in [0.25, 0.3) is 0 Å². The molecule has 4 nitrogen and oxygen atoms in total. The van der Waals surface area contributed by atoms with Crippen LogP contribution in [0.2, 0.25) is 0 Å². The average molecular weight is 652 g/mol. The Labute approximate surface area is 294 Å². The molecule has 0 aliphatic heterocycles. The highest BCUT2D eigenvalue weighted by atomic mass is 16.3. The lowest BCUT2D eigenvalue weighted by Gasteiger charge is -2.14. The van der Waals surface area contributed by atoms with Crippen LogP contribution in [0.25, 0.3) is 99.9 Å². The quantitative estimate of drug-likeness (QED) is 0.174. The van der Waals surface area contributed by atoms with E-state index in [-0.39, 0.29) is 0 Å². The van der Waals surface area contributed by atoms with Gasteiger partial charge in [-0.05, 0) is 56.4 Å². The number of hydrogen-bond donors (Lipinski definition) is 0. The molecule has 0 fully saturated rings. The van der Waals surface area contributed by atoms with Crippen LogP contribution in [0.15, 0.2) is 180 Å². The summed E-state index contributed by atoms with van der Waals surface area (Å²) in [6, 6.07) is 60.9. The van der Waals surface area contributed by atoms with E-state index in [1.807, 2.05) is 48.5 Å². The van der Waals surface area contributed by atoms with Gasteiger partial charge in [-0.15, -0.1) is 0 Å². The SMILES string of the molecule is c1ccc(-c2nc(-c3ccc4ccc5ccccc5c4c3)nc(-c3ccccc3-c3ccc(-c4ccccc4)c4oc5ccccc5c34)n2)cc1. The van der Waals surface area contributed by atoms with E-state index in [1.165, 1.54) is 21.5 Å². The van der Waals surface area contributed by atoms with Crippen molar-refractivity contribution < 1.29 is 4.42 Å². The van der Waals surface area contributed by atoms with E-state index in [0.717, 1.165) is 60.9 Å². The Bertz CT molecular complexity index is 2910. The van der Waals surface area contributed by atoms with Gasteiger partial charge in [0.2, 0.25) is 0 Å². The maximum absolute atomic E-state index is 6.62. The minimum Gasteiger partial charge on any atom is -0.455 e. The summed E-state index contributed by atoms with van der Waals surface area (Å²) < 4.78 is 6.62. The number of rotatable bonds is 5. The fourth-order valence-electron chi connectivity index (χ4n) is 7.29. The molecule has 0 saturated heterocycles. The molecule has 0 spiro atoms. The van der Waals surface area contributed by atoms with Crippen LogP contribution in [0.4, 0.5) is 0 Å². The van der Waals surface area contributed by atoms with Gasteiger partial charge < -0.3 is 4.42 Å². The maximum Gasteiger partial charge on any atom is 0.164 e. The van der Waals surface area contributed by atoms with Crippen LogP contribution in [0.3, 0.4) is 0 Å². The van der Waals surface area contributed by atoms with Crippen LogP contribution in [0.1, 0.15) is 0 Å². The summed E-state index contributed by atoms with van der Waals surface area (Å²) in [7, 11) is 0. The van der Waals surface area contributed by atoms with E-state index in [0.29, 0.717) is 17.5 Å². The summed E-state index contributed by atoms with van der Waals surface area (Å²) in [6.45, 7) is 0. The van der Waals surface area contributed by atoms with Gasteiger partial charge in [0, 0.05) is 33.0 Å². The molecule has 238 valence electrons. The van der Waals surface area contributed by atoms with Crippen LogP contribution in [-0.4, -0.2) is 15.0 Å². The predicted octanol–water partition coefficient (Wildman–Crippen LogP) is 12.4. The number of aromatic nitrogens is 3. The molecule has 0 aliphatic carbocycles. The molecule has 0 aliphatic rings. The van der Waals surface area contributed by atoms with Crippen LogP contribution < -0.4 is 0 Å². The highest BCUT2D eigenvalue weighted by Crippen LogP contribution is 2.44. The van der Waals surface area contributed by atoms with Crippen molar-refractivity contribution in [2.45, 2.75) is 0 Å². The fraction of sp³-hybridized carbons (Fsp3) is 0. The second-order valence-electron chi connectivity index (χ2n) is 12.8. The largest absolute Gasteiger partial charge is 0.455 e. The van der Waals surface area contributed by atoms with Gasteiger partial charge in [0.05, 0.1) is 0 Å². The standard InChI is InChI=1S/C47H29N3O/c1-3-13-30(14-4-1)36-27-28-38(43-40-21-11-12-22-42(40)51-44(36)43)37-19-9-10-20-39(37)47-49-45(33-16-5-2-6-17-33)48-46(50-47)34-26-25-32-24-23-31-15-7-8-18-35(31)41(32)29-34/h1-29H. The van der Waals surface area contributed by atoms with Crippen molar-refractivity contribution >= 4 is 43.5 Å². The third-order valence-electron chi connectivity index (χ3n) is 9.74. The first-order chi connectivity index (χ1) is 25.3. The van der Waals surface area contributed by atoms with Crippen molar-refractivity contribution in [3.63, 3.8) is 0 Å². The van der Waals surface area contributed by atoms with Crippen molar-refractivity contribution in [3.05, 3.63) is 176 Å². The normalized spacial score (nSPS) is 11.5. The van der Waals surface area contributed by atoms with Crippen molar-refractivity contribution in [2.24, 2.45) is 0 Å². The fourth-order valence-corrected chi connectivity index (χ4v) is 7.29. The molecule has 0 N–H and O–H groups in total. The molecule has 0 bridgehead atoms. The molecular formula is C47H29N3O. The van der Waals surface area contributed by atoms with Gasteiger partial charge >= 0.3 is 0 Å². The molecule has 0 saturated carbocycles. The second kappa shape index (κ2) is 11.9. The first kappa shape index (κ1) is 29.0. The first-order valence-electron chi connectivity index (χ1n) is 17.1. The summed E-state index contributed by atoms with van der Waals surface area (Å²) in [5, 5.41) is 6.89. The van der Waals surface area contributed by atoms with Crippen molar-refractivity contribution in [2.75, 3.05) is 0 Å². The number of furan rings is 1. The number of hydrogen-bond acceptors (Lipinski definition) is 4. The summed E-state index contributed by atoms with van der Waals surface area (Å²) in [5.74, 6) is 1.86. The second-order valence-corrected chi connectivity index (χ2v) is 12.8. The molecule has 51 heavy (non-hydrogen) atoms. The van der Waals surface area contributed by atoms with Gasteiger partial charge in [0.15, 0.2) is 17.5 Å². The number of fused-ring (bicyclic) bond motifs is 6. The van der Waals surface area contributed by atoms with Gasteiger partial charge in [-0.2, -0.15) is 0 Å². The molecule has 0 radical (unpaired) electrons. The molecule has 4 heteroatoms. The van der Waals surface area contributed by atoms with Gasteiger partial charge in [-0.25, -0.2) is 15.0 Å². The summed E-state index contributed by atoms with van der Waals surface area (Å²) in [5.41, 5.74) is 8.75. The van der Waals surface area contributed by atoms with E-state index < -0.39 is 0 Å². The summed E-state index contributed by atoms with van der Waals surface area (Å²) in [4.78, 5) is 15.4. The molecule has 0 unspecified atom stereocenters. The highest BCUT2D eigenvalue weighted by Gasteiger charge is 2.21. The molecule has 2 heterocycles. The summed E-state index contributed by atoms with van der Waals surface area (Å²) in [6.07, 6.45) is 0. The minimum absolute atomic E-state index is 0.612. The lowest BCUT2D eigenvalue weighted by molar-refractivity contribution is 0.670. The molecule has 10 aromatic rings. The zero-order chi connectivity index (χ0) is 33.7. The minimum atomic E-state index is 0.612. The van der Waals surface area contributed by atoms with E-state index in [2.05, 4.69) is 127 Å². The van der Waals surface area contributed by atoms with Crippen LogP contribution >= 0.6 is 0 Å². The molecule has 0 atom stereocenters. The van der Waals surface area contributed by atoms with Crippen molar-refractivity contribution in [1.82, 2.24) is 15.0 Å². The zero-order valence-corrected chi connectivity index (χ0v) is 27.5. The number of nitrogens with zero attached hydrogens (tertiary/aromatic N) is 3. The number of benzene rings is 8. The molecule has 0 amide bonds. The predicted molar refractivity (Wildman–Crippen MR) is 209 cm³/mol. The van der Waals surface area contributed by atoms with Crippen molar-refractivity contribution in [3.8, 4) is 56.4 Å². The van der Waals surface area contributed by atoms with E-state index in [9.17, 15) is 0 Å². The molecule has 10 rings (SSSR count). The van der Waals surface area contributed by atoms with E-state index in [4.69, 9.17) is 19.4 Å². The van der Waals surface area contributed by atoms with Crippen molar-refractivity contribution in [1.29, 1.82) is 0 Å². The van der Waals surface area contributed by atoms with Gasteiger partial charge in [-0.3, -0.25) is 0 Å². The number of para-hydroxylation sites is 1. The Balaban J connectivity index is 1.21. The lowest BCUT2D eigenvalue weighted by atomic mass is 9.92. The third kappa shape index (κ3) is 4.96. The Kier molecular flexibility index (Phi) is 6.78. The van der Waals surface area contributed by atoms with Gasteiger partial charge in [0.1, 0.15) is 11.2 Å². The molecule has 8 aromatic carbocycles. The Morgan fingerprint density at radius 1 is 0.333 bits per heavy atom. The topological polar surface area (TPSA) is 51.8 Å². The lowest BCUT2D eigenvalue weighted by Crippen LogP contribution is -2.01. The van der Waals surface area contributed by atoms with Crippen LogP contribution in [0.5, 0.6) is 0 Å². The van der Waals surface area contributed by atoms with E-state index >= 15 is 0 Å². The zero-order valence-electron chi connectivity index (χ0n) is 27.5. The Morgan fingerprint density at radius 3 is 1.71 bits per heavy atom. The first-order valence-corrected chi connectivity index (χ1v) is 17.1. The molecule has 2 aromatic heterocycles. The van der Waals surface area contributed by atoms with Crippen LogP contribution in [-0.2, 0) is 0 Å². The monoisotopic (exact) mass is 651 g/mol. The Morgan fingerprint density at radius 2 is 0.902 bits per heavy atom.